The van der Waals surface area contributed by atoms with Gasteiger partial charge in [-0.1, -0.05) is 24.3 Å². The SMILES string of the molecule is CC1CN(C2CCCc3ccccc32)CCCN1. The van der Waals surface area contributed by atoms with E-state index in [1.807, 2.05) is 0 Å². The van der Waals surface area contributed by atoms with E-state index in [1.54, 1.807) is 11.1 Å². The highest BCUT2D eigenvalue weighted by molar-refractivity contribution is 5.32. The van der Waals surface area contributed by atoms with Crippen LogP contribution in [0.1, 0.15) is 43.4 Å². The van der Waals surface area contributed by atoms with E-state index in [0.717, 1.165) is 0 Å². The van der Waals surface area contributed by atoms with Crippen LogP contribution in [-0.2, 0) is 6.42 Å². The Labute approximate surface area is 110 Å². The summed E-state index contributed by atoms with van der Waals surface area (Å²) in [7, 11) is 0. The molecule has 1 aromatic rings. The van der Waals surface area contributed by atoms with E-state index in [2.05, 4.69) is 41.4 Å². The second kappa shape index (κ2) is 5.41. The third-order valence-electron chi connectivity index (χ3n) is 4.40. The maximum atomic E-state index is 3.60. The lowest BCUT2D eigenvalue weighted by Gasteiger charge is -2.36. The van der Waals surface area contributed by atoms with Gasteiger partial charge in [-0.25, -0.2) is 0 Å². The van der Waals surface area contributed by atoms with Crippen LogP contribution in [0.5, 0.6) is 0 Å². The summed E-state index contributed by atoms with van der Waals surface area (Å²) < 4.78 is 0. The number of hydrogen-bond acceptors (Lipinski definition) is 2. The standard InChI is InChI=1S/C16H24N2/c1-13-12-18(11-5-10-17-13)16-9-4-7-14-6-2-3-8-15(14)16/h2-3,6,8,13,16-17H,4-5,7,9-12H2,1H3. The highest BCUT2D eigenvalue weighted by atomic mass is 15.2. The first-order valence-corrected chi connectivity index (χ1v) is 7.40. The molecule has 1 aromatic carbocycles. The molecule has 0 bridgehead atoms. The molecular formula is C16H24N2. The molecule has 2 nitrogen and oxygen atoms in total. The van der Waals surface area contributed by atoms with Gasteiger partial charge in [-0.15, -0.1) is 0 Å². The Kier molecular flexibility index (Phi) is 3.67. The van der Waals surface area contributed by atoms with Gasteiger partial charge >= 0.3 is 0 Å². The van der Waals surface area contributed by atoms with Gasteiger partial charge in [0, 0.05) is 25.2 Å². The molecule has 0 spiro atoms. The van der Waals surface area contributed by atoms with E-state index in [0.29, 0.717) is 12.1 Å². The molecule has 0 saturated carbocycles. The van der Waals surface area contributed by atoms with E-state index in [9.17, 15) is 0 Å². The molecule has 2 atom stereocenters. The second-order valence-corrected chi connectivity index (χ2v) is 5.81. The first-order chi connectivity index (χ1) is 8.84. The minimum absolute atomic E-state index is 0.626. The molecule has 0 aromatic heterocycles. The molecule has 1 heterocycles. The number of hydrogen-bond donors (Lipinski definition) is 1. The summed E-state index contributed by atoms with van der Waals surface area (Å²) in [5.41, 5.74) is 3.18. The van der Waals surface area contributed by atoms with Gasteiger partial charge in [0.2, 0.25) is 0 Å². The van der Waals surface area contributed by atoms with E-state index in [-0.39, 0.29) is 0 Å². The molecule has 98 valence electrons. The van der Waals surface area contributed by atoms with Crippen molar-refractivity contribution in [3.63, 3.8) is 0 Å². The third-order valence-corrected chi connectivity index (χ3v) is 4.40. The van der Waals surface area contributed by atoms with Crippen molar-refractivity contribution in [3.05, 3.63) is 35.4 Å². The van der Waals surface area contributed by atoms with Crippen molar-refractivity contribution in [2.75, 3.05) is 19.6 Å². The van der Waals surface area contributed by atoms with E-state index < -0.39 is 0 Å². The Morgan fingerprint density at radius 3 is 3.06 bits per heavy atom. The number of rotatable bonds is 1. The van der Waals surface area contributed by atoms with Crippen LogP contribution in [0.2, 0.25) is 0 Å². The Hall–Kier alpha value is -0.860. The van der Waals surface area contributed by atoms with Crippen LogP contribution in [0, 0.1) is 0 Å². The molecule has 18 heavy (non-hydrogen) atoms. The molecule has 0 radical (unpaired) electrons. The predicted molar refractivity (Wildman–Crippen MR) is 75.8 cm³/mol. The molecule has 1 N–H and O–H groups in total. The van der Waals surface area contributed by atoms with Crippen LogP contribution in [0.4, 0.5) is 0 Å². The molecule has 2 unspecified atom stereocenters. The zero-order valence-electron chi connectivity index (χ0n) is 11.4. The largest absolute Gasteiger partial charge is 0.313 e. The molecule has 1 fully saturated rings. The number of nitrogens with zero attached hydrogens (tertiary/aromatic N) is 1. The fraction of sp³-hybridized carbons (Fsp3) is 0.625. The van der Waals surface area contributed by atoms with E-state index >= 15 is 0 Å². The average Bonchev–Trinajstić information content (AvgIpc) is 2.63. The summed E-state index contributed by atoms with van der Waals surface area (Å²) in [5, 5.41) is 3.60. The van der Waals surface area contributed by atoms with Gasteiger partial charge in [-0.3, -0.25) is 4.90 Å². The van der Waals surface area contributed by atoms with Gasteiger partial charge in [0.05, 0.1) is 0 Å². The second-order valence-electron chi connectivity index (χ2n) is 5.81. The molecule has 0 amide bonds. The Bertz CT molecular complexity index is 402. The fourth-order valence-corrected chi connectivity index (χ4v) is 3.53. The van der Waals surface area contributed by atoms with Crippen LogP contribution in [0.25, 0.3) is 0 Å². The van der Waals surface area contributed by atoms with Crippen LogP contribution in [-0.4, -0.2) is 30.6 Å². The predicted octanol–water partition coefficient (Wildman–Crippen LogP) is 2.75. The maximum Gasteiger partial charge on any atom is 0.0351 e. The Morgan fingerprint density at radius 1 is 1.22 bits per heavy atom. The summed E-state index contributed by atoms with van der Waals surface area (Å²) in [6.45, 7) is 5.93. The van der Waals surface area contributed by atoms with Gasteiger partial charge in [0.25, 0.3) is 0 Å². The lowest BCUT2D eigenvalue weighted by molar-refractivity contribution is 0.178. The number of benzene rings is 1. The van der Waals surface area contributed by atoms with Gasteiger partial charge in [0.15, 0.2) is 0 Å². The minimum Gasteiger partial charge on any atom is -0.313 e. The molecule has 1 aliphatic carbocycles. The topological polar surface area (TPSA) is 15.3 Å². The summed E-state index contributed by atoms with van der Waals surface area (Å²) in [5.74, 6) is 0. The van der Waals surface area contributed by atoms with E-state index in [1.165, 1.54) is 45.3 Å². The molecule has 1 saturated heterocycles. The van der Waals surface area contributed by atoms with Crippen molar-refractivity contribution in [3.8, 4) is 0 Å². The minimum atomic E-state index is 0.626. The van der Waals surface area contributed by atoms with Crippen molar-refractivity contribution < 1.29 is 0 Å². The van der Waals surface area contributed by atoms with Crippen molar-refractivity contribution in [2.45, 2.75) is 44.7 Å². The maximum absolute atomic E-state index is 3.60. The Balaban J connectivity index is 1.84. The van der Waals surface area contributed by atoms with Crippen LogP contribution < -0.4 is 5.32 Å². The summed E-state index contributed by atoms with van der Waals surface area (Å²) in [6, 6.07) is 10.4. The fourth-order valence-electron chi connectivity index (χ4n) is 3.53. The van der Waals surface area contributed by atoms with Gasteiger partial charge < -0.3 is 5.32 Å². The highest BCUT2D eigenvalue weighted by Crippen LogP contribution is 2.34. The summed E-state index contributed by atoms with van der Waals surface area (Å²) in [6.07, 6.45) is 5.24. The lowest BCUT2D eigenvalue weighted by atomic mass is 9.86. The first-order valence-electron chi connectivity index (χ1n) is 7.40. The van der Waals surface area contributed by atoms with Crippen molar-refractivity contribution in [1.82, 2.24) is 10.2 Å². The van der Waals surface area contributed by atoms with Gasteiger partial charge in [-0.2, -0.15) is 0 Å². The number of nitrogens with one attached hydrogen (secondary N) is 1. The van der Waals surface area contributed by atoms with Crippen molar-refractivity contribution in [1.29, 1.82) is 0 Å². The van der Waals surface area contributed by atoms with Crippen molar-refractivity contribution in [2.24, 2.45) is 0 Å². The van der Waals surface area contributed by atoms with Gasteiger partial charge in [0.1, 0.15) is 0 Å². The molecule has 3 rings (SSSR count). The zero-order chi connectivity index (χ0) is 12.4. The zero-order valence-corrected chi connectivity index (χ0v) is 11.4. The average molecular weight is 244 g/mol. The van der Waals surface area contributed by atoms with Crippen LogP contribution in [0.3, 0.4) is 0 Å². The smallest absolute Gasteiger partial charge is 0.0351 e. The Morgan fingerprint density at radius 2 is 2.11 bits per heavy atom. The quantitative estimate of drug-likeness (QED) is 0.817. The monoisotopic (exact) mass is 244 g/mol. The van der Waals surface area contributed by atoms with Crippen LogP contribution in [0.15, 0.2) is 24.3 Å². The molecule has 2 aliphatic rings. The van der Waals surface area contributed by atoms with Crippen molar-refractivity contribution >= 4 is 0 Å². The number of fused-ring (bicyclic) bond motifs is 1. The third kappa shape index (κ3) is 2.45. The normalized spacial score (nSPS) is 29.6. The molecular weight excluding hydrogens is 220 g/mol. The van der Waals surface area contributed by atoms with E-state index in [4.69, 9.17) is 0 Å². The number of aryl methyl sites for hydroxylation is 1. The lowest BCUT2D eigenvalue weighted by Crippen LogP contribution is -2.38. The summed E-state index contributed by atoms with van der Waals surface area (Å²) >= 11 is 0. The summed E-state index contributed by atoms with van der Waals surface area (Å²) in [4.78, 5) is 2.71. The first kappa shape index (κ1) is 12.2. The molecule has 1 aliphatic heterocycles. The molecule has 2 heteroatoms. The van der Waals surface area contributed by atoms with Crippen LogP contribution >= 0.6 is 0 Å². The van der Waals surface area contributed by atoms with Gasteiger partial charge in [-0.05, 0) is 50.3 Å². The highest BCUT2D eigenvalue weighted by Gasteiger charge is 2.27.